The topological polar surface area (TPSA) is 29.9 Å². The minimum atomic E-state index is 0.653. The molecule has 3 nitrogen and oxygen atoms in total. The zero-order chi connectivity index (χ0) is 12.9. The van der Waals surface area contributed by atoms with Gasteiger partial charge in [0.2, 0.25) is 0 Å². The van der Waals surface area contributed by atoms with Crippen LogP contribution in [0.25, 0.3) is 0 Å². The van der Waals surface area contributed by atoms with Crippen LogP contribution in [0.15, 0.2) is 29.8 Å². The van der Waals surface area contributed by atoms with Crippen LogP contribution < -0.4 is 5.32 Å². The smallest absolute Gasteiger partial charge is 0.0762 e. The van der Waals surface area contributed by atoms with Gasteiger partial charge in [-0.2, -0.15) is 5.10 Å². The van der Waals surface area contributed by atoms with E-state index in [-0.39, 0.29) is 0 Å². The minimum absolute atomic E-state index is 0.653. The van der Waals surface area contributed by atoms with Crippen molar-refractivity contribution in [2.75, 3.05) is 6.54 Å². The summed E-state index contributed by atoms with van der Waals surface area (Å²) in [7, 11) is 0. The fourth-order valence-electron chi connectivity index (χ4n) is 2.73. The Balaban J connectivity index is 1.42. The summed E-state index contributed by atoms with van der Waals surface area (Å²) in [6.45, 7) is 1.90. The SMILES string of the molecule is c1csc(CCNCc2ccn(C3CCCC3)n2)c1. The lowest BCUT2D eigenvalue weighted by atomic mass is 10.3. The number of rotatable bonds is 6. The van der Waals surface area contributed by atoms with Gasteiger partial charge in [0.25, 0.3) is 0 Å². The fraction of sp³-hybridized carbons (Fsp3) is 0.533. The molecule has 2 aromatic heterocycles. The molecule has 1 aliphatic carbocycles. The highest BCUT2D eigenvalue weighted by atomic mass is 32.1. The monoisotopic (exact) mass is 275 g/mol. The Bertz CT molecular complexity index is 483. The molecule has 3 rings (SSSR count). The van der Waals surface area contributed by atoms with Gasteiger partial charge < -0.3 is 5.32 Å². The molecule has 0 bridgehead atoms. The van der Waals surface area contributed by atoms with Crippen LogP contribution in [-0.2, 0) is 13.0 Å². The third kappa shape index (κ3) is 3.45. The molecule has 2 aromatic rings. The largest absolute Gasteiger partial charge is 0.311 e. The number of thiophene rings is 1. The Morgan fingerprint density at radius 2 is 2.21 bits per heavy atom. The number of hydrogen-bond donors (Lipinski definition) is 1. The third-order valence-electron chi connectivity index (χ3n) is 3.80. The molecule has 102 valence electrons. The molecule has 0 spiro atoms. The Morgan fingerprint density at radius 1 is 1.32 bits per heavy atom. The molecule has 19 heavy (non-hydrogen) atoms. The summed E-state index contributed by atoms with van der Waals surface area (Å²) in [4.78, 5) is 1.45. The Hall–Kier alpha value is -1.13. The standard InChI is InChI=1S/C15H21N3S/c1-2-5-14(4-1)18-10-8-13(17-18)12-16-9-7-15-6-3-11-19-15/h3,6,8,10-11,14,16H,1-2,4-5,7,9,12H2. The van der Waals surface area contributed by atoms with E-state index in [0.29, 0.717) is 6.04 Å². The molecule has 2 heterocycles. The Morgan fingerprint density at radius 3 is 3.00 bits per heavy atom. The van der Waals surface area contributed by atoms with Crippen LogP contribution in [0.1, 0.15) is 42.3 Å². The molecule has 0 radical (unpaired) electrons. The van der Waals surface area contributed by atoms with Gasteiger partial charge in [0, 0.05) is 24.2 Å². The van der Waals surface area contributed by atoms with Crippen LogP contribution in [0.2, 0.25) is 0 Å². The predicted octanol–water partition coefficient (Wildman–Crippen LogP) is 3.39. The number of hydrogen-bond acceptors (Lipinski definition) is 3. The molecule has 0 atom stereocenters. The maximum Gasteiger partial charge on any atom is 0.0762 e. The van der Waals surface area contributed by atoms with Crippen molar-refractivity contribution in [2.45, 2.75) is 44.7 Å². The summed E-state index contributed by atoms with van der Waals surface area (Å²) in [5.74, 6) is 0. The lowest BCUT2D eigenvalue weighted by Crippen LogP contribution is -2.17. The number of nitrogens with one attached hydrogen (secondary N) is 1. The first-order valence-corrected chi connectivity index (χ1v) is 8.07. The summed E-state index contributed by atoms with van der Waals surface area (Å²) < 4.78 is 2.17. The second-order valence-corrected chi connectivity index (χ2v) is 6.26. The molecule has 0 unspecified atom stereocenters. The molecule has 1 N–H and O–H groups in total. The molecule has 0 amide bonds. The van der Waals surface area contributed by atoms with E-state index in [1.807, 2.05) is 11.3 Å². The van der Waals surface area contributed by atoms with Crippen molar-refractivity contribution in [2.24, 2.45) is 0 Å². The molecule has 0 aliphatic heterocycles. The Kier molecular flexibility index (Phi) is 4.30. The average molecular weight is 275 g/mol. The summed E-state index contributed by atoms with van der Waals surface area (Å²) in [6.07, 6.45) is 8.57. The molecule has 1 fully saturated rings. The van der Waals surface area contributed by atoms with Gasteiger partial charge in [-0.25, -0.2) is 0 Å². The molecule has 0 aromatic carbocycles. The quantitative estimate of drug-likeness (QED) is 0.819. The van der Waals surface area contributed by atoms with Gasteiger partial charge in [0.15, 0.2) is 0 Å². The second-order valence-electron chi connectivity index (χ2n) is 5.23. The van der Waals surface area contributed by atoms with Crippen LogP contribution in [-0.4, -0.2) is 16.3 Å². The van der Waals surface area contributed by atoms with E-state index in [4.69, 9.17) is 0 Å². The molecule has 0 saturated heterocycles. The number of nitrogens with zero attached hydrogens (tertiary/aromatic N) is 2. The minimum Gasteiger partial charge on any atom is -0.311 e. The van der Waals surface area contributed by atoms with Crippen LogP contribution in [0.4, 0.5) is 0 Å². The molecule has 4 heteroatoms. The highest BCUT2D eigenvalue weighted by Gasteiger charge is 2.17. The van der Waals surface area contributed by atoms with E-state index >= 15 is 0 Å². The predicted molar refractivity (Wildman–Crippen MR) is 79.5 cm³/mol. The van der Waals surface area contributed by atoms with Crippen molar-refractivity contribution in [3.05, 3.63) is 40.3 Å². The first kappa shape index (κ1) is 12.9. The van der Waals surface area contributed by atoms with E-state index in [1.165, 1.54) is 30.6 Å². The molecule has 1 aliphatic rings. The normalized spacial score (nSPS) is 16.2. The summed E-state index contributed by atoms with van der Waals surface area (Å²) >= 11 is 1.83. The summed E-state index contributed by atoms with van der Waals surface area (Å²) in [5.41, 5.74) is 1.16. The molecular weight excluding hydrogens is 254 g/mol. The number of aromatic nitrogens is 2. The van der Waals surface area contributed by atoms with Crippen molar-refractivity contribution in [1.29, 1.82) is 0 Å². The van der Waals surface area contributed by atoms with Gasteiger partial charge >= 0.3 is 0 Å². The maximum atomic E-state index is 4.68. The molecular formula is C15H21N3S. The van der Waals surface area contributed by atoms with Crippen LogP contribution in [0.3, 0.4) is 0 Å². The molecule has 1 saturated carbocycles. The highest BCUT2D eigenvalue weighted by Crippen LogP contribution is 2.28. The van der Waals surface area contributed by atoms with E-state index in [1.54, 1.807) is 0 Å². The van der Waals surface area contributed by atoms with Gasteiger partial charge in [-0.05, 0) is 36.8 Å². The lowest BCUT2D eigenvalue weighted by molar-refractivity contribution is 0.461. The van der Waals surface area contributed by atoms with E-state index in [2.05, 4.69) is 44.9 Å². The summed E-state index contributed by atoms with van der Waals surface area (Å²) in [5, 5.41) is 10.3. The van der Waals surface area contributed by atoms with Gasteiger partial charge in [-0.15, -0.1) is 11.3 Å². The van der Waals surface area contributed by atoms with Crippen molar-refractivity contribution < 1.29 is 0 Å². The second kappa shape index (κ2) is 6.35. The van der Waals surface area contributed by atoms with Gasteiger partial charge in [-0.1, -0.05) is 18.9 Å². The van der Waals surface area contributed by atoms with E-state index < -0.39 is 0 Å². The van der Waals surface area contributed by atoms with Crippen LogP contribution >= 0.6 is 11.3 Å². The average Bonchev–Trinajstić information content (AvgIpc) is 3.15. The first-order valence-electron chi connectivity index (χ1n) is 7.19. The van der Waals surface area contributed by atoms with Crippen LogP contribution in [0.5, 0.6) is 0 Å². The van der Waals surface area contributed by atoms with Crippen LogP contribution in [0, 0.1) is 0 Å². The van der Waals surface area contributed by atoms with Crippen molar-refractivity contribution in [1.82, 2.24) is 15.1 Å². The van der Waals surface area contributed by atoms with Gasteiger partial charge in [-0.3, -0.25) is 4.68 Å². The zero-order valence-electron chi connectivity index (χ0n) is 11.2. The Labute approximate surface area is 118 Å². The van der Waals surface area contributed by atoms with Crippen molar-refractivity contribution in [3.8, 4) is 0 Å². The van der Waals surface area contributed by atoms with Crippen molar-refractivity contribution in [3.63, 3.8) is 0 Å². The van der Waals surface area contributed by atoms with E-state index in [0.717, 1.165) is 25.2 Å². The zero-order valence-corrected chi connectivity index (χ0v) is 12.0. The lowest BCUT2D eigenvalue weighted by Gasteiger charge is -2.08. The first-order chi connectivity index (χ1) is 9.42. The van der Waals surface area contributed by atoms with Gasteiger partial charge in [0.1, 0.15) is 0 Å². The van der Waals surface area contributed by atoms with Crippen molar-refractivity contribution >= 4 is 11.3 Å². The fourth-order valence-corrected chi connectivity index (χ4v) is 3.44. The van der Waals surface area contributed by atoms with Gasteiger partial charge in [0.05, 0.1) is 11.7 Å². The van der Waals surface area contributed by atoms with E-state index in [9.17, 15) is 0 Å². The summed E-state index contributed by atoms with van der Waals surface area (Å²) in [6, 6.07) is 7.11. The maximum absolute atomic E-state index is 4.68. The highest BCUT2D eigenvalue weighted by molar-refractivity contribution is 7.09. The third-order valence-corrected chi connectivity index (χ3v) is 4.73.